The van der Waals surface area contributed by atoms with E-state index in [1.165, 1.54) is 11.8 Å². The number of nitrogens with zero attached hydrogens (tertiary/aromatic N) is 3. The zero-order valence-electron chi connectivity index (χ0n) is 17.3. The first-order valence-electron chi connectivity index (χ1n) is 9.46. The summed E-state index contributed by atoms with van der Waals surface area (Å²) in [6.45, 7) is 3.97. The van der Waals surface area contributed by atoms with Gasteiger partial charge in [0.05, 0.1) is 12.7 Å². The Kier molecular flexibility index (Phi) is 5.10. The summed E-state index contributed by atoms with van der Waals surface area (Å²) in [5, 5.41) is 3.83. The smallest absolute Gasteiger partial charge is 0.292 e. The number of pyridine rings is 1. The molecule has 2 heterocycles. The molecule has 0 aliphatic carbocycles. The van der Waals surface area contributed by atoms with Gasteiger partial charge in [-0.3, -0.25) is 4.79 Å². The molecule has 0 saturated carbocycles. The van der Waals surface area contributed by atoms with Gasteiger partial charge >= 0.3 is 0 Å². The van der Waals surface area contributed by atoms with Crippen LogP contribution in [0.2, 0.25) is 0 Å². The summed E-state index contributed by atoms with van der Waals surface area (Å²) in [7, 11) is 3.06. The normalized spacial score (nSPS) is 10.8. The van der Waals surface area contributed by atoms with Crippen LogP contribution in [0, 0.1) is 13.8 Å². The summed E-state index contributed by atoms with van der Waals surface area (Å²) < 4.78 is 6.45. The van der Waals surface area contributed by atoms with Crippen LogP contribution >= 0.6 is 0 Å². The van der Waals surface area contributed by atoms with E-state index >= 15 is 0 Å². The summed E-state index contributed by atoms with van der Waals surface area (Å²) in [5.41, 5.74) is 4.38. The van der Waals surface area contributed by atoms with Gasteiger partial charge < -0.3 is 14.9 Å². The van der Waals surface area contributed by atoms with Gasteiger partial charge in [0.1, 0.15) is 12.9 Å². The molecule has 0 saturated heterocycles. The Morgan fingerprint density at radius 2 is 1.73 bits per heavy atom. The minimum atomic E-state index is -0.270. The summed E-state index contributed by atoms with van der Waals surface area (Å²) in [6, 6.07) is 15.2. The largest absolute Gasteiger partial charge is 0.497 e. The second-order valence-corrected chi connectivity index (χ2v) is 6.94. The van der Waals surface area contributed by atoms with Crippen LogP contribution in [0.5, 0.6) is 5.75 Å². The average molecular weight is 402 g/mol. The lowest BCUT2D eigenvalue weighted by atomic mass is 9.96. The maximum Gasteiger partial charge on any atom is 0.292 e. The maximum atomic E-state index is 13.2. The number of ether oxygens (including phenoxy) is 1. The van der Waals surface area contributed by atoms with E-state index in [0.717, 1.165) is 22.4 Å². The molecule has 7 nitrogen and oxygen atoms in total. The second kappa shape index (κ2) is 7.87. The van der Waals surface area contributed by atoms with E-state index in [9.17, 15) is 4.79 Å². The molecule has 0 bridgehead atoms. The van der Waals surface area contributed by atoms with E-state index in [2.05, 4.69) is 15.3 Å². The minimum Gasteiger partial charge on any atom is -0.497 e. The Labute approximate surface area is 173 Å². The number of aromatic nitrogens is 3. The van der Waals surface area contributed by atoms with Crippen molar-refractivity contribution in [2.24, 2.45) is 0 Å². The van der Waals surface area contributed by atoms with Gasteiger partial charge in [-0.2, -0.15) is 4.98 Å². The third kappa shape index (κ3) is 3.45. The van der Waals surface area contributed by atoms with Gasteiger partial charge in [-0.1, -0.05) is 24.3 Å². The number of rotatable bonds is 5. The molecule has 2 aromatic carbocycles. The summed E-state index contributed by atoms with van der Waals surface area (Å²) in [4.78, 5) is 27.5. The van der Waals surface area contributed by atoms with Crippen LogP contribution in [-0.2, 0) is 0 Å². The lowest BCUT2D eigenvalue weighted by Crippen LogP contribution is -2.27. The van der Waals surface area contributed by atoms with Gasteiger partial charge in [-0.25, -0.2) is 4.98 Å². The Balaban J connectivity index is 1.84. The summed E-state index contributed by atoms with van der Waals surface area (Å²) >= 11 is 0. The lowest BCUT2D eigenvalue weighted by molar-refractivity contribution is 0.168. The highest BCUT2D eigenvalue weighted by atomic mass is 16.6. The molecule has 7 heteroatoms. The molecule has 0 aliphatic rings. The number of nitrogens with one attached hydrogen (secondary N) is 1. The Morgan fingerprint density at radius 3 is 2.43 bits per heavy atom. The minimum absolute atomic E-state index is 0.270. The highest BCUT2D eigenvalue weighted by molar-refractivity contribution is 5.83. The highest BCUT2D eigenvalue weighted by Crippen LogP contribution is 2.27. The molecule has 152 valence electrons. The van der Waals surface area contributed by atoms with Gasteiger partial charge in [0.2, 0.25) is 5.95 Å². The van der Waals surface area contributed by atoms with Gasteiger partial charge in [-0.15, -0.1) is 4.73 Å². The molecule has 0 radical (unpaired) electrons. The van der Waals surface area contributed by atoms with Crippen molar-refractivity contribution in [2.45, 2.75) is 13.8 Å². The topological polar surface area (TPSA) is 78.3 Å². The molecular weight excluding hydrogens is 380 g/mol. The van der Waals surface area contributed by atoms with Crippen LogP contribution in [0.25, 0.3) is 22.2 Å². The predicted molar refractivity (Wildman–Crippen MR) is 117 cm³/mol. The number of anilines is 2. The van der Waals surface area contributed by atoms with Crippen LogP contribution < -0.4 is 20.5 Å². The molecule has 1 N–H and O–H groups in total. The molecule has 2 aromatic heterocycles. The van der Waals surface area contributed by atoms with Crippen molar-refractivity contribution in [2.75, 3.05) is 19.5 Å². The zero-order valence-corrected chi connectivity index (χ0v) is 17.3. The van der Waals surface area contributed by atoms with E-state index in [4.69, 9.17) is 9.57 Å². The number of aryl methyl sites for hydroxylation is 2. The monoisotopic (exact) mass is 402 g/mol. The Hall–Kier alpha value is -3.87. The Bertz CT molecular complexity index is 1280. The SMILES string of the molecule is COc1cccc(Nc2ncc3cc(-c4c(C)cccc4C)c(=O)n(OC)c3n2)c1. The first-order chi connectivity index (χ1) is 14.5. The van der Waals surface area contributed by atoms with Crippen molar-refractivity contribution >= 4 is 22.7 Å². The number of methoxy groups -OCH3 is 1. The number of benzene rings is 2. The third-order valence-corrected chi connectivity index (χ3v) is 4.96. The van der Waals surface area contributed by atoms with Gasteiger partial charge in [0, 0.05) is 23.3 Å². The standard InChI is InChI=1S/C23H22N4O3/c1-14-7-5-8-15(2)20(14)19-11-16-13-24-23(26-21(16)27(30-4)22(19)28)25-17-9-6-10-18(12-17)29-3/h5-13H,1-4H3,(H,24,25,26). The second-order valence-electron chi connectivity index (χ2n) is 6.94. The van der Waals surface area contributed by atoms with E-state index in [1.807, 2.05) is 62.4 Å². The van der Waals surface area contributed by atoms with Crippen molar-refractivity contribution in [1.82, 2.24) is 14.7 Å². The van der Waals surface area contributed by atoms with Crippen LogP contribution in [0.4, 0.5) is 11.6 Å². The molecule has 0 amide bonds. The van der Waals surface area contributed by atoms with Crippen molar-refractivity contribution in [3.05, 3.63) is 76.2 Å². The molecular formula is C23H22N4O3. The number of hydrogen-bond donors (Lipinski definition) is 1. The fourth-order valence-corrected chi connectivity index (χ4v) is 3.55. The van der Waals surface area contributed by atoms with E-state index in [0.29, 0.717) is 28.3 Å². The molecule has 0 aliphatic heterocycles. The van der Waals surface area contributed by atoms with Gasteiger partial charge in [0.15, 0.2) is 5.65 Å². The molecule has 4 rings (SSSR count). The van der Waals surface area contributed by atoms with Crippen LogP contribution in [0.15, 0.2) is 59.5 Å². The first-order valence-corrected chi connectivity index (χ1v) is 9.46. The highest BCUT2D eigenvalue weighted by Gasteiger charge is 2.16. The van der Waals surface area contributed by atoms with Crippen LogP contribution in [0.1, 0.15) is 11.1 Å². The average Bonchev–Trinajstić information content (AvgIpc) is 2.74. The van der Waals surface area contributed by atoms with Crippen molar-refractivity contribution in [1.29, 1.82) is 0 Å². The van der Waals surface area contributed by atoms with E-state index in [1.54, 1.807) is 13.3 Å². The molecule has 0 fully saturated rings. The lowest BCUT2D eigenvalue weighted by Gasteiger charge is -2.14. The third-order valence-electron chi connectivity index (χ3n) is 4.96. The number of fused-ring (bicyclic) bond motifs is 1. The summed E-state index contributed by atoms with van der Waals surface area (Å²) in [6.07, 6.45) is 1.68. The van der Waals surface area contributed by atoms with E-state index < -0.39 is 0 Å². The van der Waals surface area contributed by atoms with Gasteiger partial charge in [-0.05, 0) is 48.7 Å². The van der Waals surface area contributed by atoms with E-state index in [-0.39, 0.29) is 5.56 Å². The molecule has 30 heavy (non-hydrogen) atoms. The predicted octanol–water partition coefficient (Wildman–Crippen LogP) is 3.89. The van der Waals surface area contributed by atoms with Crippen molar-refractivity contribution in [3.8, 4) is 16.9 Å². The fraction of sp³-hybridized carbons (Fsp3) is 0.174. The van der Waals surface area contributed by atoms with Crippen molar-refractivity contribution in [3.63, 3.8) is 0 Å². The van der Waals surface area contributed by atoms with Crippen molar-refractivity contribution < 1.29 is 9.57 Å². The molecule has 0 spiro atoms. The molecule has 0 atom stereocenters. The van der Waals surface area contributed by atoms with Gasteiger partial charge in [0.25, 0.3) is 5.56 Å². The van der Waals surface area contributed by atoms with Crippen LogP contribution in [0.3, 0.4) is 0 Å². The number of hydrogen-bond acceptors (Lipinski definition) is 6. The fourth-order valence-electron chi connectivity index (χ4n) is 3.55. The first kappa shape index (κ1) is 19.4. The molecule has 4 aromatic rings. The van der Waals surface area contributed by atoms with Crippen LogP contribution in [-0.4, -0.2) is 28.9 Å². The quantitative estimate of drug-likeness (QED) is 0.546. The summed E-state index contributed by atoms with van der Waals surface area (Å²) in [5.74, 6) is 1.06. The Morgan fingerprint density at radius 1 is 1.00 bits per heavy atom. The molecule has 0 unspecified atom stereocenters. The maximum absolute atomic E-state index is 13.2. The zero-order chi connectivity index (χ0) is 21.3.